The molecule has 0 saturated carbocycles. The van der Waals surface area contributed by atoms with Crippen LogP contribution in [0, 0.1) is 11.8 Å². The van der Waals surface area contributed by atoms with E-state index in [2.05, 4.69) is 44.3 Å². The zero-order valence-electron chi connectivity index (χ0n) is 12.9. The summed E-state index contributed by atoms with van der Waals surface area (Å²) in [4.78, 5) is 0. The van der Waals surface area contributed by atoms with Crippen molar-refractivity contribution >= 4 is 0 Å². The fourth-order valence-electron chi connectivity index (χ4n) is 2.84. The lowest BCUT2D eigenvalue weighted by atomic mass is 9.83. The van der Waals surface area contributed by atoms with Crippen molar-refractivity contribution in [1.29, 1.82) is 0 Å². The molecule has 0 aliphatic carbocycles. The van der Waals surface area contributed by atoms with Gasteiger partial charge in [0.25, 0.3) is 0 Å². The summed E-state index contributed by atoms with van der Waals surface area (Å²) in [6, 6.07) is 8.40. The summed E-state index contributed by atoms with van der Waals surface area (Å²) < 4.78 is 5.48. The van der Waals surface area contributed by atoms with E-state index in [1.54, 1.807) is 7.11 Å². The summed E-state index contributed by atoms with van der Waals surface area (Å²) in [5, 5.41) is 3.51. The summed E-state index contributed by atoms with van der Waals surface area (Å²) in [6.45, 7) is 8.92. The van der Waals surface area contributed by atoms with Crippen molar-refractivity contribution < 1.29 is 4.74 Å². The van der Waals surface area contributed by atoms with Gasteiger partial charge in [0.1, 0.15) is 5.75 Å². The topological polar surface area (TPSA) is 21.3 Å². The molecule has 1 N–H and O–H groups in total. The Morgan fingerprint density at radius 3 is 2.32 bits per heavy atom. The Morgan fingerprint density at radius 1 is 1.05 bits per heavy atom. The maximum Gasteiger partial charge on any atom is 0.122 e. The molecule has 0 heterocycles. The number of para-hydroxylation sites is 1. The molecule has 0 amide bonds. The molecule has 0 aromatic heterocycles. The monoisotopic (exact) mass is 263 g/mol. The van der Waals surface area contributed by atoms with Gasteiger partial charge in [0.05, 0.1) is 7.11 Å². The second-order valence-corrected chi connectivity index (χ2v) is 5.16. The van der Waals surface area contributed by atoms with E-state index >= 15 is 0 Å². The van der Waals surface area contributed by atoms with E-state index in [1.807, 2.05) is 6.07 Å². The van der Waals surface area contributed by atoms with Crippen LogP contribution in [0.3, 0.4) is 0 Å². The van der Waals surface area contributed by atoms with Crippen molar-refractivity contribution in [1.82, 2.24) is 5.32 Å². The fourth-order valence-corrected chi connectivity index (χ4v) is 2.84. The van der Waals surface area contributed by atoms with Gasteiger partial charge >= 0.3 is 0 Å². The van der Waals surface area contributed by atoms with Crippen molar-refractivity contribution in [3.63, 3.8) is 0 Å². The first-order valence-electron chi connectivity index (χ1n) is 7.59. The molecular formula is C17H29NO. The lowest BCUT2D eigenvalue weighted by molar-refractivity contribution is 0.296. The Kier molecular flexibility index (Phi) is 7.57. The minimum atomic E-state index is 0.686. The van der Waals surface area contributed by atoms with Crippen LogP contribution in [-0.2, 0) is 6.42 Å². The molecule has 0 aliphatic rings. The predicted octanol–water partition coefficient (Wildman–Crippen LogP) is 3.90. The Hall–Kier alpha value is -1.02. The van der Waals surface area contributed by atoms with E-state index in [4.69, 9.17) is 4.74 Å². The molecule has 19 heavy (non-hydrogen) atoms. The van der Waals surface area contributed by atoms with Crippen LogP contribution in [0.1, 0.15) is 39.2 Å². The zero-order valence-corrected chi connectivity index (χ0v) is 12.9. The van der Waals surface area contributed by atoms with E-state index < -0.39 is 0 Å². The average Bonchev–Trinajstić information content (AvgIpc) is 2.46. The molecule has 2 heteroatoms. The van der Waals surface area contributed by atoms with Gasteiger partial charge in [-0.05, 0) is 43.0 Å². The van der Waals surface area contributed by atoms with Crippen molar-refractivity contribution in [2.24, 2.45) is 11.8 Å². The number of rotatable bonds is 9. The Bertz CT molecular complexity index is 347. The number of nitrogens with one attached hydrogen (secondary N) is 1. The second-order valence-electron chi connectivity index (χ2n) is 5.16. The third kappa shape index (κ3) is 4.87. The van der Waals surface area contributed by atoms with Crippen LogP contribution in [0.15, 0.2) is 24.3 Å². The minimum absolute atomic E-state index is 0.686. The van der Waals surface area contributed by atoms with Crippen LogP contribution in [0.5, 0.6) is 5.75 Å². The molecule has 1 aromatic rings. The third-order valence-corrected chi connectivity index (χ3v) is 4.05. The summed E-state index contributed by atoms with van der Waals surface area (Å²) in [7, 11) is 1.76. The first-order chi connectivity index (χ1) is 9.26. The smallest absolute Gasteiger partial charge is 0.122 e. The maximum atomic E-state index is 5.48. The number of hydrogen-bond donors (Lipinski definition) is 1. The Labute approximate surface area is 118 Å². The van der Waals surface area contributed by atoms with Gasteiger partial charge in [-0.15, -0.1) is 0 Å². The molecule has 1 atom stereocenters. The summed E-state index contributed by atoms with van der Waals surface area (Å²) >= 11 is 0. The van der Waals surface area contributed by atoms with Gasteiger partial charge in [-0.1, -0.05) is 51.8 Å². The molecule has 1 unspecified atom stereocenters. The van der Waals surface area contributed by atoms with Crippen molar-refractivity contribution in [3.05, 3.63) is 29.8 Å². The number of hydrogen-bond acceptors (Lipinski definition) is 2. The normalized spacial score (nSPS) is 12.7. The zero-order chi connectivity index (χ0) is 14.1. The minimum Gasteiger partial charge on any atom is -0.496 e. The van der Waals surface area contributed by atoms with Crippen LogP contribution < -0.4 is 10.1 Å². The largest absolute Gasteiger partial charge is 0.496 e. The molecule has 0 fully saturated rings. The van der Waals surface area contributed by atoms with Gasteiger partial charge in [0.2, 0.25) is 0 Å². The SMILES string of the molecule is CCNCC(Cc1ccccc1OC)C(CC)CC. The molecule has 0 spiro atoms. The van der Waals surface area contributed by atoms with E-state index in [0.717, 1.165) is 31.2 Å². The fraction of sp³-hybridized carbons (Fsp3) is 0.647. The van der Waals surface area contributed by atoms with Crippen LogP contribution >= 0.6 is 0 Å². The Balaban J connectivity index is 2.80. The molecule has 0 aliphatic heterocycles. The molecule has 108 valence electrons. The van der Waals surface area contributed by atoms with E-state index in [-0.39, 0.29) is 0 Å². The lowest BCUT2D eigenvalue weighted by Gasteiger charge is -2.26. The van der Waals surface area contributed by atoms with Crippen molar-refractivity contribution in [3.8, 4) is 5.75 Å². The molecule has 2 nitrogen and oxygen atoms in total. The summed E-state index contributed by atoms with van der Waals surface area (Å²) in [5.41, 5.74) is 1.33. The molecule has 1 aromatic carbocycles. The van der Waals surface area contributed by atoms with E-state index in [9.17, 15) is 0 Å². The van der Waals surface area contributed by atoms with Gasteiger partial charge in [-0.25, -0.2) is 0 Å². The molecule has 0 bridgehead atoms. The van der Waals surface area contributed by atoms with Crippen LogP contribution in [0.25, 0.3) is 0 Å². The number of methoxy groups -OCH3 is 1. The first-order valence-corrected chi connectivity index (χ1v) is 7.59. The highest BCUT2D eigenvalue weighted by Crippen LogP contribution is 2.27. The molecule has 1 rings (SSSR count). The molecule has 0 radical (unpaired) electrons. The van der Waals surface area contributed by atoms with Gasteiger partial charge in [0, 0.05) is 0 Å². The van der Waals surface area contributed by atoms with Gasteiger partial charge in [-0.3, -0.25) is 0 Å². The summed E-state index contributed by atoms with van der Waals surface area (Å²) in [6.07, 6.45) is 3.60. The number of ether oxygens (including phenoxy) is 1. The molecular weight excluding hydrogens is 234 g/mol. The summed E-state index contributed by atoms with van der Waals surface area (Å²) in [5.74, 6) is 2.49. The van der Waals surface area contributed by atoms with Gasteiger partial charge in [-0.2, -0.15) is 0 Å². The van der Waals surface area contributed by atoms with Crippen LogP contribution in [0.2, 0.25) is 0 Å². The third-order valence-electron chi connectivity index (χ3n) is 4.05. The number of benzene rings is 1. The van der Waals surface area contributed by atoms with Gasteiger partial charge < -0.3 is 10.1 Å². The van der Waals surface area contributed by atoms with Crippen LogP contribution in [-0.4, -0.2) is 20.2 Å². The quantitative estimate of drug-likeness (QED) is 0.729. The highest BCUT2D eigenvalue weighted by atomic mass is 16.5. The first kappa shape index (κ1) is 16.0. The van der Waals surface area contributed by atoms with E-state index in [0.29, 0.717) is 5.92 Å². The predicted molar refractivity (Wildman–Crippen MR) is 82.8 cm³/mol. The standard InChI is InChI=1S/C17H29NO/c1-5-14(6-2)16(13-18-7-3)12-15-10-8-9-11-17(15)19-4/h8-11,14,16,18H,5-7,12-13H2,1-4H3. The molecule has 0 saturated heterocycles. The second kappa shape index (κ2) is 8.98. The Morgan fingerprint density at radius 2 is 1.74 bits per heavy atom. The van der Waals surface area contributed by atoms with Gasteiger partial charge in [0.15, 0.2) is 0 Å². The van der Waals surface area contributed by atoms with Crippen LogP contribution in [0.4, 0.5) is 0 Å². The average molecular weight is 263 g/mol. The lowest BCUT2D eigenvalue weighted by Crippen LogP contribution is -2.29. The van der Waals surface area contributed by atoms with Crippen molar-refractivity contribution in [2.75, 3.05) is 20.2 Å². The highest BCUT2D eigenvalue weighted by Gasteiger charge is 2.19. The highest BCUT2D eigenvalue weighted by molar-refractivity contribution is 5.33. The maximum absolute atomic E-state index is 5.48. The van der Waals surface area contributed by atoms with E-state index in [1.165, 1.54) is 18.4 Å². The van der Waals surface area contributed by atoms with Crippen molar-refractivity contribution in [2.45, 2.75) is 40.0 Å².